The highest BCUT2D eigenvalue weighted by Crippen LogP contribution is 2.46. The fraction of sp³-hybridized carbons (Fsp3) is 0.323. The Kier molecular flexibility index (Phi) is 10.1. The molecule has 0 saturated heterocycles. The smallest absolute Gasteiger partial charge is 0.149 e. The number of hydrogen-bond acceptors (Lipinski definition) is 3. The van der Waals surface area contributed by atoms with Crippen molar-refractivity contribution in [3.63, 3.8) is 0 Å². The second kappa shape index (κ2) is 16.6. The van der Waals surface area contributed by atoms with Gasteiger partial charge in [-0.3, -0.25) is 9.55 Å². The molecule has 0 aliphatic rings. The zero-order valence-electron chi connectivity index (χ0n) is 46.7. The maximum absolute atomic E-state index is 12.7. The predicted octanol–water partition coefficient (Wildman–Crippen LogP) is 16.9. The van der Waals surface area contributed by atoms with E-state index in [0.717, 1.165) is 66.8 Å². The Morgan fingerprint density at radius 3 is 1.70 bits per heavy atom. The number of phenols is 1. The van der Waals surface area contributed by atoms with E-state index in [0.29, 0.717) is 22.6 Å². The highest BCUT2D eigenvalue weighted by Gasteiger charge is 2.30. The number of aromatic hydroxyl groups is 1. The topological polar surface area (TPSA) is 50.9 Å². The maximum Gasteiger partial charge on any atom is 0.149 e. The van der Waals surface area contributed by atoms with Gasteiger partial charge < -0.3 is 5.11 Å². The summed E-state index contributed by atoms with van der Waals surface area (Å²) in [5.74, 6) is 0.828. The van der Waals surface area contributed by atoms with Crippen molar-refractivity contribution in [3.8, 4) is 67.5 Å². The van der Waals surface area contributed by atoms with Crippen molar-refractivity contribution in [2.75, 3.05) is 0 Å². The van der Waals surface area contributed by atoms with Crippen LogP contribution in [-0.4, -0.2) is 19.6 Å². The molecule has 0 spiro atoms. The van der Waals surface area contributed by atoms with Crippen LogP contribution in [0.1, 0.15) is 139 Å². The Balaban J connectivity index is 1.47. The lowest BCUT2D eigenvalue weighted by atomic mass is 9.79. The van der Waals surface area contributed by atoms with Crippen molar-refractivity contribution in [2.24, 2.45) is 0 Å². The molecule has 2 aromatic heterocycles. The first-order valence-corrected chi connectivity index (χ1v) is 23.2. The first-order valence-electron chi connectivity index (χ1n) is 25.7. The van der Waals surface area contributed by atoms with Gasteiger partial charge in [0.05, 0.1) is 34.8 Å². The van der Waals surface area contributed by atoms with Crippen molar-refractivity contribution in [1.29, 1.82) is 0 Å². The summed E-state index contributed by atoms with van der Waals surface area (Å²) in [4.78, 5) is 10.5. The van der Waals surface area contributed by atoms with E-state index < -0.39 is 6.04 Å². The summed E-state index contributed by atoms with van der Waals surface area (Å²) in [6.45, 7) is 33.0. The van der Waals surface area contributed by atoms with Gasteiger partial charge in [-0.05, 0) is 114 Å². The number of hydrogen-bond donors (Lipinski definition) is 1. The fourth-order valence-electron chi connectivity index (χ4n) is 8.65. The van der Waals surface area contributed by atoms with Gasteiger partial charge in [0.15, 0.2) is 0 Å². The van der Waals surface area contributed by atoms with Gasteiger partial charge in [0, 0.05) is 28.5 Å². The zero-order valence-corrected chi connectivity index (χ0v) is 41.7. The third kappa shape index (κ3) is 9.12. The molecule has 0 bridgehead atoms. The van der Waals surface area contributed by atoms with Crippen LogP contribution in [0, 0.1) is 0 Å². The van der Waals surface area contributed by atoms with Crippen LogP contribution in [0.4, 0.5) is 0 Å². The van der Waals surface area contributed by atoms with E-state index in [1.54, 1.807) is 12.3 Å². The number of benzene rings is 6. The summed E-state index contributed by atoms with van der Waals surface area (Å²) in [6, 6.07) is 34.5. The molecule has 0 saturated carbocycles. The SMILES string of the molecule is [2H]c1c([2H])c([2H])c(-c2ccnc(-c3cc(-c4cccc5c4nc(-c4cc(C(C)(C)C)cc(C(C)(C)C)c4O)n5-c4cc(C(C)(C)C)ccc4-c4ccc(C(C)(C)C)cc4)cc(C(C)(C)C)c3)c2)c([2H])c1[2H]. The second-order valence-corrected chi connectivity index (χ2v) is 23.2. The van der Waals surface area contributed by atoms with Crippen LogP contribution in [0.2, 0.25) is 0 Å². The van der Waals surface area contributed by atoms with Gasteiger partial charge in [-0.15, -0.1) is 0 Å². The third-order valence-corrected chi connectivity index (χ3v) is 12.8. The van der Waals surface area contributed by atoms with E-state index in [1.807, 2.05) is 6.07 Å². The number of phenolic OH excluding ortho intramolecular Hbond substituents is 1. The number of pyridine rings is 1. The monoisotopic (exact) mass is 877 g/mol. The molecule has 8 aromatic rings. The van der Waals surface area contributed by atoms with Crippen LogP contribution in [0.25, 0.3) is 72.7 Å². The molecule has 4 nitrogen and oxygen atoms in total. The van der Waals surface area contributed by atoms with Crippen LogP contribution in [0.5, 0.6) is 5.75 Å². The molecule has 66 heavy (non-hydrogen) atoms. The summed E-state index contributed by atoms with van der Waals surface area (Å²) in [5.41, 5.74) is 13.4. The molecule has 6 aromatic carbocycles. The molecule has 0 amide bonds. The van der Waals surface area contributed by atoms with Gasteiger partial charge in [0.25, 0.3) is 0 Å². The maximum atomic E-state index is 12.7. The molecule has 0 radical (unpaired) electrons. The van der Waals surface area contributed by atoms with Crippen molar-refractivity contribution in [3.05, 3.63) is 167 Å². The minimum atomic E-state index is -0.431. The molecule has 338 valence electrons. The molecular formula is C62H69N3O. The number of imidazole rings is 1. The average Bonchev–Trinajstić information content (AvgIpc) is 3.68. The van der Waals surface area contributed by atoms with Crippen molar-refractivity contribution >= 4 is 11.0 Å². The first kappa shape index (κ1) is 40.1. The Bertz CT molecular complexity index is 3360. The van der Waals surface area contributed by atoms with Crippen molar-refractivity contribution in [1.82, 2.24) is 14.5 Å². The van der Waals surface area contributed by atoms with Gasteiger partial charge in [-0.1, -0.05) is 195 Å². The minimum absolute atomic E-state index is 0.0186. The van der Waals surface area contributed by atoms with Crippen LogP contribution >= 0.6 is 0 Å². The largest absolute Gasteiger partial charge is 0.507 e. The summed E-state index contributed by atoms with van der Waals surface area (Å²) in [7, 11) is 0. The summed E-state index contributed by atoms with van der Waals surface area (Å²) in [5, 5.41) is 12.7. The van der Waals surface area contributed by atoms with E-state index in [9.17, 15) is 5.11 Å². The number of aromatic nitrogens is 3. The highest BCUT2D eigenvalue weighted by atomic mass is 16.3. The summed E-state index contributed by atoms with van der Waals surface area (Å²) in [6.07, 6.45) is 1.63. The van der Waals surface area contributed by atoms with Crippen molar-refractivity contribution < 1.29 is 12.0 Å². The van der Waals surface area contributed by atoms with E-state index in [-0.39, 0.29) is 62.6 Å². The van der Waals surface area contributed by atoms with Crippen LogP contribution < -0.4 is 0 Å². The Hall–Kier alpha value is -6.26. The van der Waals surface area contributed by atoms with Gasteiger partial charge in [0.1, 0.15) is 11.6 Å². The Morgan fingerprint density at radius 2 is 1.08 bits per heavy atom. The lowest BCUT2D eigenvalue weighted by molar-refractivity contribution is 0.446. The molecule has 0 atom stereocenters. The van der Waals surface area contributed by atoms with Crippen LogP contribution in [-0.2, 0) is 27.1 Å². The Morgan fingerprint density at radius 1 is 0.470 bits per heavy atom. The van der Waals surface area contributed by atoms with Crippen LogP contribution in [0.15, 0.2) is 140 Å². The minimum Gasteiger partial charge on any atom is -0.507 e. The first-order chi connectivity index (χ1) is 32.9. The number of rotatable bonds is 6. The van der Waals surface area contributed by atoms with Crippen molar-refractivity contribution in [2.45, 2.75) is 131 Å². The van der Waals surface area contributed by atoms with Gasteiger partial charge in [-0.25, -0.2) is 4.98 Å². The zero-order chi connectivity index (χ0) is 52.1. The predicted molar refractivity (Wildman–Crippen MR) is 281 cm³/mol. The number of para-hydroxylation sites is 1. The van der Waals surface area contributed by atoms with Gasteiger partial charge >= 0.3 is 0 Å². The quantitative estimate of drug-likeness (QED) is 0.181. The standard InChI is InChI=1S/C62H69N3O/c1-58(2,3)44-26-24-40(25-27-44)48-29-28-45(59(4,5)6)38-54(48)65-53-23-19-22-49(55(53)64-57(65)50-36-47(61(10,11)12)37-51(56(50)66)62(13,14)15)42-32-43(34-46(33-42)60(7,8)9)52-35-41(30-31-63-52)39-20-17-16-18-21-39/h16-38,66H,1-15H3/i16D,17D,18D,20D,21D. The average molecular weight is 877 g/mol. The summed E-state index contributed by atoms with van der Waals surface area (Å²) < 4.78 is 44.7. The molecule has 0 unspecified atom stereocenters. The van der Waals surface area contributed by atoms with E-state index in [1.165, 1.54) is 5.56 Å². The lowest BCUT2D eigenvalue weighted by Gasteiger charge is -2.28. The molecule has 1 N–H and O–H groups in total. The highest BCUT2D eigenvalue weighted by molar-refractivity contribution is 5.98. The second-order valence-electron chi connectivity index (χ2n) is 23.2. The van der Waals surface area contributed by atoms with E-state index in [2.05, 4.69) is 199 Å². The normalized spacial score (nSPS) is 13.9. The third-order valence-electron chi connectivity index (χ3n) is 12.8. The van der Waals surface area contributed by atoms with Gasteiger partial charge in [0.2, 0.25) is 0 Å². The van der Waals surface area contributed by atoms with E-state index >= 15 is 0 Å². The van der Waals surface area contributed by atoms with Crippen LogP contribution in [0.3, 0.4) is 0 Å². The van der Waals surface area contributed by atoms with Gasteiger partial charge in [-0.2, -0.15) is 0 Å². The number of nitrogens with zero attached hydrogens (tertiary/aromatic N) is 3. The number of fused-ring (bicyclic) bond motifs is 1. The van der Waals surface area contributed by atoms with E-state index in [4.69, 9.17) is 16.8 Å². The molecule has 2 heterocycles. The molecule has 4 heteroatoms. The molecule has 8 rings (SSSR count). The fourth-order valence-corrected chi connectivity index (χ4v) is 8.65. The molecule has 0 aliphatic heterocycles. The molecule has 0 aliphatic carbocycles. The Labute approximate surface area is 401 Å². The summed E-state index contributed by atoms with van der Waals surface area (Å²) >= 11 is 0. The molecular weight excluding hydrogens is 803 g/mol. The molecule has 0 fully saturated rings. The lowest BCUT2D eigenvalue weighted by Crippen LogP contribution is -2.17.